The number of rotatable bonds is 7. The van der Waals surface area contributed by atoms with Crippen LogP contribution in [0.2, 0.25) is 0 Å². The van der Waals surface area contributed by atoms with E-state index < -0.39 is 21.5 Å². The summed E-state index contributed by atoms with van der Waals surface area (Å²) < 4.78 is 32.5. The fourth-order valence-electron chi connectivity index (χ4n) is 2.36. The van der Waals surface area contributed by atoms with Crippen molar-refractivity contribution in [3.63, 3.8) is 0 Å². The molecule has 1 aromatic carbocycles. The Kier molecular flexibility index (Phi) is 6.59. The molecule has 1 unspecified atom stereocenters. The molecular formula is C15H23ClN2O4S. The van der Waals surface area contributed by atoms with Crippen molar-refractivity contribution in [2.75, 3.05) is 13.2 Å². The van der Waals surface area contributed by atoms with Gasteiger partial charge < -0.3 is 10.5 Å². The standard InChI is InChI=1S/C15H22N2O4S.ClH/c1-3-21-14(18)11-4-8-13(9-5-11)22(19,20)17-15(2,10-16)12-6-7-12;/h4-5,8-9,12,17H,3,6-7,10,16H2,1-2H3;1H. The maximum atomic E-state index is 12.5. The van der Waals surface area contributed by atoms with Crippen molar-refractivity contribution < 1.29 is 17.9 Å². The van der Waals surface area contributed by atoms with Gasteiger partial charge in [0.25, 0.3) is 0 Å². The quantitative estimate of drug-likeness (QED) is 0.719. The Balaban J connectivity index is 0.00000264. The van der Waals surface area contributed by atoms with Crippen LogP contribution in [-0.2, 0) is 14.8 Å². The number of carbonyl (C=O) groups is 1. The highest BCUT2D eigenvalue weighted by molar-refractivity contribution is 7.89. The predicted molar refractivity (Wildman–Crippen MR) is 90.2 cm³/mol. The summed E-state index contributed by atoms with van der Waals surface area (Å²) in [6, 6.07) is 5.70. The second kappa shape index (κ2) is 7.61. The predicted octanol–water partition coefficient (Wildman–Crippen LogP) is 1.69. The highest BCUT2D eigenvalue weighted by atomic mass is 35.5. The minimum absolute atomic E-state index is 0. The molecule has 1 aliphatic rings. The largest absolute Gasteiger partial charge is 0.462 e. The third-order valence-corrected chi connectivity index (χ3v) is 5.57. The Bertz CT molecular complexity index is 644. The zero-order valence-corrected chi connectivity index (χ0v) is 14.9. The van der Waals surface area contributed by atoms with Gasteiger partial charge in [0.05, 0.1) is 17.1 Å². The summed E-state index contributed by atoms with van der Waals surface area (Å²) >= 11 is 0. The van der Waals surface area contributed by atoms with E-state index in [-0.39, 0.29) is 36.4 Å². The number of hydrogen-bond acceptors (Lipinski definition) is 5. The molecule has 0 spiro atoms. The Morgan fingerprint density at radius 3 is 2.35 bits per heavy atom. The summed E-state index contributed by atoms with van der Waals surface area (Å²) in [5.41, 5.74) is 5.44. The van der Waals surface area contributed by atoms with Gasteiger partial charge in [0.1, 0.15) is 0 Å². The Labute approximate surface area is 143 Å². The molecule has 3 N–H and O–H groups in total. The molecule has 0 saturated heterocycles. The van der Waals surface area contributed by atoms with Gasteiger partial charge in [-0.1, -0.05) is 0 Å². The first-order valence-electron chi connectivity index (χ1n) is 7.33. The Morgan fingerprint density at radius 1 is 1.35 bits per heavy atom. The molecular weight excluding hydrogens is 340 g/mol. The first-order valence-corrected chi connectivity index (χ1v) is 8.82. The van der Waals surface area contributed by atoms with Crippen LogP contribution >= 0.6 is 12.4 Å². The van der Waals surface area contributed by atoms with Gasteiger partial charge in [-0.3, -0.25) is 0 Å². The van der Waals surface area contributed by atoms with Crippen molar-refractivity contribution in [1.29, 1.82) is 0 Å². The van der Waals surface area contributed by atoms with Gasteiger partial charge in [-0.15, -0.1) is 12.4 Å². The van der Waals surface area contributed by atoms with Crippen molar-refractivity contribution in [3.8, 4) is 0 Å². The van der Waals surface area contributed by atoms with Crippen molar-refractivity contribution in [1.82, 2.24) is 4.72 Å². The molecule has 6 nitrogen and oxygen atoms in total. The summed E-state index contributed by atoms with van der Waals surface area (Å²) in [5, 5.41) is 0. The van der Waals surface area contributed by atoms with E-state index in [1.54, 1.807) is 6.92 Å². The van der Waals surface area contributed by atoms with E-state index in [0.29, 0.717) is 5.56 Å². The molecule has 1 fully saturated rings. The molecule has 0 aromatic heterocycles. The smallest absolute Gasteiger partial charge is 0.338 e. The summed E-state index contributed by atoms with van der Waals surface area (Å²) in [5.74, 6) is -0.185. The number of benzene rings is 1. The monoisotopic (exact) mass is 362 g/mol. The van der Waals surface area contributed by atoms with Gasteiger partial charge in [-0.05, 0) is 56.9 Å². The number of esters is 1. The molecule has 0 heterocycles. The Morgan fingerprint density at radius 2 is 1.91 bits per heavy atom. The lowest BCUT2D eigenvalue weighted by Crippen LogP contribution is -2.52. The highest BCUT2D eigenvalue weighted by Gasteiger charge is 2.43. The molecule has 2 rings (SSSR count). The average molecular weight is 363 g/mol. The zero-order chi connectivity index (χ0) is 16.4. The maximum Gasteiger partial charge on any atom is 0.338 e. The molecule has 23 heavy (non-hydrogen) atoms. The Hall–Kier alpha value is -1.15. The maximum absolute atomic E-state index is 12.5. The second-order valence-electron chi connectivity index (χ2n) is 5.75. The number of ether oxygens (including phenoxy) is 1. The minimum Gasteiger partial charge on any atom is -0.462 e. The average Bonchev–Trinajstić information content (AvgIpc) is 3.32. The molecule has 0 aliphatic heterocycles. The lowest BCUT2D eigenvalue weighted by atomic mass is 9.98. The van der Waals surface area contributed by atoms with Crippen LogP contribution in [0.4, 0.5) is 0 Å². The summed E-state index contributed by atoms with van der Waals surface area (Å²) in [4.78, 5) is 11.7. The van der Waals surface area contributed by atoms with Crippen LogP contribution in [-0.4, -0.2) is 33.1 Å². The number of sulfonamides is 1. The van der Waals surface area contributed by atoms with Crippen LogP contribution in [0.3, 0.4) is 0 Å². The van der Waals surface area contributed by atoms with Gasteiger partial charge in [-0.2, -0.15) is 0 Å². The fourth-order valence-corrected chi connectivity index (χ4v) is 3.84. The van der Waals surface area contributed by atoms with Gasteiger partial charge in [0.15, 0.2) is 0 Å². The second-order valence-corrected chi connectivity index (χ2v) is 7.43. The van der Waals surface area contributed by atoms with Crippen LogP contribution in [0.1, 0.15) is 37.0 Å². The molecule has 8 heteroatoms. The number of halogens is 1. The topological polar surface area (TPSA) is 98.5 Å². The van der Waals surface area contributed by atoms with E-state index in [4.69, 9.17) is 10.5 Å². The molecule has 0 bridgehead atoms. The van der Waals surface area contributed by atoms with E-state index in [0.717, 1.165) is 12.8 Å². The van der Waals surface area contributed by atoms with E-state index >= 15 is 0 Å². The van der Waals surface area contributed by atoms with E-state index in [2.05, 4.69) is 4.72 Å². The molecule has 0 amide bonds. The van der Waals surface area contributed by atoms with Crippen molar-refractivity contribution in [3.05, 3.63) is 29.8 Å². The van der Waals surface area contributed by atoms with Crippen LogP contribution in [0, 0.1) is 5.92 Å². The van der Waals surface area contributed by atoms with E-state index in [1.807, 2.05) is 6.92 Å². The molecule has 0 radical (unpaired) electrons. The lowest BCUT2D eigenvalue weighted by Gasteiger charge is -2.29. The number of nitrogens with two attached hydrogens (primary N) is 1. The minimum atomic E-state index is -3.67. The highest BCUT2D eigenvalue weighted by Crippen LogP contribution is 2.39. The van der Waals surface area contributed by atoms with Gasteiger partial charge in [0, 0.05) is 12.1 Å². The summed E-state index contributed by atoms with van der Waals surface area (Å²) in [7, 11) is -3.67. The molecule has 130 valence electrons. The molecule has 1 atom stereocenters. The van der Waals surface area contributed by atoms with Crippen LogP contribution in [0.15, 0.2) is 29.2 Å². The summed E-state index contributed by atoms with van der Waals surface area (Å²) in [6.07, 6.45) is 1.97. The van der Waals surface area contributed by atoms with E-state index in [9.17, 15) is 13.2 Å². The van der Waals surface area contributed by atoms with Gasteiger partial charge in [0.2, 0.25) is 10.0 Å². The third kappa shape index (κ3) is 4.67. The van der Waals surface area contributed by atoms with Gasteiger partial charge >= 0.3 is 5.97 Å². The van der Waals surface area contributed by atoms with E-state index in [1.165, 1.54) is 24.3 Å². The lowest BCUT2D eigenvalue weighted by molar-refractivity contribution is 0.0526. The van der Waals surface area contributed by atoms with Crippen LogP contribution < -0.4 is 10.5 Å². The normalized spacial score (nSPS) is 17.0. The van der Waals surface area contributed by atoms with Crippen molar-refractivity contribution in [2.45, 2.75) is 37.1 Å². The number of hydrogen-bond donors (Lipinski definition) is 2. The SMILES string of the molecule is CCOC(=O)c1ccc(S(=O)(=O)NC(C)(CN)C2CC2)cc1.Cl. The first-order chi connectivity index (χ1) is 10.3. The molecule has 1 saturated carbocycles. The third-order valence-electron chi connectivity index (χ3n) is 3.95. The van der Waals surface area contributed by atoms with Crippen LogP contribution in [0.25, 0.3) is 0 Å². The van der Waals surface area contributed by atoms with Crippen LogP contribution in [0.5, 0.6) is 0 Å². The zero-order valence-electron chi connectivity index (χ0n) is 13.2. The number of nitrogens with one attached hydrogen (secondary N) is 1. The molecule has 1 aliphatic carbocycles. The van der Waals surface area contributed by atoms with Crippen molar-refractivity contribution in [2.24, 2.45) is 11.7 Å². The fraction of sp³-hybridized carbons (Fsp3) is 0.533. The van der Waals surface area contributed by atoms with Gasteiger partial charge in [-0.25, -0.2) is 17.9 Å². The summed E-state index contributed by atoms with van der Waals surface area (Å²) in [6.45, 7) is 4.07. The van der Waals surface area contributed by atoms with Crippen molar-refractivity contribution >= 4 is 28.4 Å². The first kappa shape index (κ1) is 19.9. The number of carbonyl (C=O) groups excluding carboxylic acids is 1. The molecule has 1 aromatic rings.